The van der Waals surface area contributed by atoms with Crippen LogP contribution in [0.5, 0.6) is 11.5 Å². The van der Waals surface area contributed by atoms with Crippen LogP contribution in [0.1, 0.15) is 28.7 Å². The predicted molar refractivity (Wildman–Crippen MR) is 132 cm³/mol. The van der Waals surface area contributed by atoms with Crippen molar-refractivity contribution in [2.45, 2.75) is 32.0 Å². The number of hydrogen-bond acceptors (Lipinski definition) is 7. The van der Waals surface area contributed by atoms with E-state index in [-0.39, 0.29) is 25.7 Å². The third-order valence-electron chi connectivity index (χ3n) is 5.51. The van der Waals surface area contributed by atoms with Crippen LogP contribution < -0.4 is 20.1 Å². The van der Waals surface area contributed by atoms with Crippen molar-refractivity contribution in [1.29, 1.82) is 0 Å². The minimum Gasteiger partial charge on any atom is -0.481 e. The number of fused-ring (bicyclic) bond motifs is 1. The molecule has 9 nitrogen and oxygen atoms in total. The molecule has 0 unspecified atom stereocenters. The number of nitrogens with zero attached hydrogens (tertiary/aromatic N) is 1. The number of carboxylic acids is 1. The fourth-order valence-corrected chi connectivity index (χ4v) is 5.18. The number of hydrogen-bond donors (Lipinski definition) is 3. The number of urea groups is 1. The fraction of sp³-hybridized carbons (Fsp3) is 0.292. The SMILES string of the molecule is C[C@@](CC(=O)O)(NC(=O)NCC(=O)N(Cc1cccs1)Cc1cccs1)c1ccc2c(c1)OCO2. The van der Waals surface area contributed by atoms with Crippen LogP contribution in [-0.4, -0.2) is 41.3 Å². The number of carboxylic acid groups (broad SMARTS) is 1. The summed E-state index contributed by atoms with van der Waals surface area (Å²) < 4.78 is 10.7. The van der Waals surface area contributed by atoms with E-state index < -0.39 is 17.5 Å². The second-order valence-electron chi connectivity index (χ2n) is 8.19. The lowest BCUT2D eigenvalue weighted by atomic mass is 9.88. The molecule has 0 saturated heterocycles. The summed E-state index contributed by atoms with van der Waals surface area (Å²) in [5.74, 6) is -0.295. The number of carbonyl (C=O) groups is 3. The number of rotatable bonds is 10. The molecule has 3 heterocycles. The van der Waals surface area contributed by atoms with E-state index in [1.165, 1.54) is 0 Å². The topological polar surface area (TPSA) is 117 Å². The Morgan fingerprint density at radius 3 is 2.29 bits per heavy atom. The van der Waals surface area contributed by atoms with Gasteiger partial charge in [-0.2, -0.15) is 0 Å². The van der Waals surface area contributed by atoms with Gasteiger partial charge in [0.25, 0.3) is 0 Å². The van der Waals surface area contributed by atoms with Crippen molar-refractivity contribution >= 4 is 40.6 Å². The van der Waals surface area contributed by atoms with Gasteiger partial charge in [0.15, 0.2) is 11.5 Å². The Kier molecular flexibility index (Phi) is 7.57. The highest BCUT2D eigenvalue weighted by Crippen LogP contribution is 2.36. The first-order valence-electron chi connectivity index (χ1n) is 10.8. The smallest absolute Gasteiger partial charge is 0.315 e. The molecule has 184 valence electrons. The summed E-state index contributed by atoms with van der Waals surface area (Å²) in [6, 6.07) is 12.1. The van der Waals surface area contributed by atoms with E-state index in [1.807, 2.05) is 35.0 Å². The largest absolute Gasteiger partial charge is 0.481 e. The van der Waals surface area contributed by atoms with Crippen LogP contribution in [-0.2, 0) is 28.2 Å². The van der Waals surface area contributed by atoms with Gasteiger partial charge in [-0.15, -0.1) is 22.7 Å². The first-order chi connectivity index (χ1) is 16.8. The highest BCUT2D eigenvalue weighted by molar-refractivity contribution is 7.10. The second kappa shape index (κ2) is 10.8. The van der Waals surface area contributed by atoms with Crippen LogP contribution in [0.25, 0.3) is 0 Å². The van der Waals surface area contributed by atoms with E-state index in [4.69, 9.17) is 9.47 Å². The van der Waals surface area contributed by atoms with Crippen molar-refractivity contribution in [1.82, 2.24) is 15.5 Å². The molecule has 0 aliphatic carbocycles. The summed E-state index contributed by atoms with van der Waals surface area (Å²) in [5, 5.41) is 18.7. The molecule has 0 saturated carbocycles. The van der Waals surface area contributed by atoms with Gasteiger partial charge in [0.1, 0.15) is 0 Å². The minimum atomic E-state index is -1.24. The molecule has 11 heteroatoms. The second-order valence-corrected chi connectivity index (χ2v) is 10.3. The van der Waals surface area contributed by atoms with Gasteiger partial charge in [-0.05, 0) is 47.5 Å². The molecule has 3 amide bonds. The van der Waals surface area contributed by atoms with Crippen LogP contribution in [0.2, 0.25) is 0 Å². The average Bonchev–Trinajstić information content (AvgIpc) is 3.58. The number of nitrogens with one attached hydrogen (secondary N) is 2. The Hall–Kier alpha value is -3.57. The van der Waals surface area contributed by atoms with Crippen molar-refractivity contribution in [3.8, 4) is 11.5 Å². The molecular weight excluding hydrogens is 490 g/mol. The Balaban J connectivity index is 1.42. The maximum absolute atomic E-state index is 13.0. The maximum atomic E-state index is 13.0. The van der Waals surface area contributed by atoms with Crippen LogP contribution >= 0.6 is 22.7 Å². The quantitative estimate of drug-likeness (QED) is 0.379. The molecule has 1 aliphatic heterocycles. The maximum Gasteiger partial charge on any atom is 0.315 e. The van der Waals surface area contributed by atoms with Crippen molar-refractivity contribution < 1.29 is 29.0 Å². The van der Waals surface area contributed by atoms with Crippen LogP contribution in [0.15, 0.2) is 53.2 Å². The van der Waals surface area contributed by atoms with Gasteiger partial charge >= 0.3 is 12.0 Å². The van der Waals surface area contributed by atoms with Crippen molar-refractivity contribution in [2.24, 2.45) is 0 Å². The molecule has 3 aromatic rings. The monoisotopic (exact) mass is 515 g/mol. The number of benzene rings is 1. The molecule has 0 spiro atoms. The third kappa shape index (κ3) is 6.31. The summed E-state index contributed by atoms with van der Waals surface area (Å²) in [7, 11) is 0. The molecule has 1 aromatic carbocycles. The van der Waals surface area contributed by atoms with Gasteiger partial charge < -0.3 is 30.1 Å². The minimum absolute atomic E-state index is 0.0813. The predicted octanol–water partition coefficient (Wildman–Crippen LogP) is 3.76. The van der Waals surface area contributed by atoms with Gasteiger partial charge in [-0.3, -0.25) is 9.59 Å². The molecule has 4 rings (SSSR count). The number of aliphatic carboxylic acids is 1. The normalized spacial score (nSPS) is 13.6. The van der Waals surface area contributed by atoms with Crippen LogP contribution in [0, 0.1) is 0 Å². The van der Waals surface area contributed by atoms with Crippen LogP contribution in [0.4, 0.5) is 4.79 Å². The fourth-order valence-electron chi connectivity index (χ4n) is 3.74. The highest BCUT2D eigenvalue weighted by Gasteiger charge is 2.33. The lowest BCUT2D eigenvalue weighted by Crippen LogP contribution is -2.51. The van der Waals surface area contributed by atoms with E-state index >= 15 is 0 Å². The van der Waals surface area contributed by atoms with Gasteiger partial charge in [-0.25, -0.2) is 4.79 Å². The van der Waals surface area contributed by atoms with Gasteiger partial charge in [0.2, 0.25) is 12.7 Å². The zero-order valence-corrected chi connectivity index (χ0v) is 20.6. The molecule has 35 heavy (non-hydrogen) atoms. The summed E-state index contributed by atoms with van der Waals surface area (Å²) in [5.41, 5.74) is -0.698. The lowest BCUT2D eigenvalue weighted by Gasteiger charge is -2.30. The zero-order chi connectivity index (χ0) is 24.8. The molecule has 0 radical (unpaired) electrons. The number of ether oxygens (including phenoxy) is 2. The van der Waals surface area contributed by atoms with Crippen LogP contribution in [0.3, 0.4) is 0 Å². The summed E-state index contributed by atoms with van der Waals surface area (Å²) in [6.45, 7) is 2.34. The number of amides is 3. The summed E-state index contributed by atoms with van der Waals surface area (Å²) >= 11 is 3.12. The summed E-state index contributed by atoms with van der Waals surface area (Å²) in [6.07, 6.45) is -0.364. The average molecular weight is 516 g/mol. The van der Waals surface area contributed by atoms with E-state index in [0.29, 0.717) is 30.2 Å². The Bertz CT molecular complexity index is 1150. The third-order valence-corrected chi connectivity index (χ3v) is 7.23. The molecular formula is C24H25N3O6S2. The molecule has 0 bridgehead atoms. The van der Waals surface area contributed by atoms with E-state index in [9.17, 15) is 19.5 Å². The van der Waals surface area contributed by atoms with Crippen molar-refractivity contribution in [3.05, 3.63) is 68.5 Å². The van der Waals surface area contributed by atoms with Gasteiger partial charge in [-0.1, -0.05) is 18.2 Å². The van der Waals surface area contributed by atoms with E-state index in [2.05, 4.69) is 10.6 Å². The first-order valence-corrected chi connectivity index (χ1v) is 12.6. The summed E-state index contributed by atoms with van der Waals surface area (Å²) in [4.78, 5) is 41.1. The Labute approximate surface area is 210 Å². The Morgan fingerprint density at radius 1 is 1.03 bits per heavy atom. The van der Waals surface area contributed by atoms with Gasteiger partial charge in [0, 0.05) is 9.75 Å². The molecule has 1 atom stereocenters. The van der Waals surface area contributed by atoms with Crippen molar-refractivity contribution in [2.75, 3.05) is 13.3 Å². The first kappa shape index (κ1) is 24.6. The highest BCUT2D eigenvalue weighted by atomic mass is 32.1. The number of carbonyl (C=O) groups excluding carboxylic acids is 2. The molecule has 1 aliphatic rings. The van der Waals surface area contributed by atoms with E-state index in [0.717, 1.165) is 9.75 Å². The van der Waals surface area contributed by atoms with E-state index in [1.54, 1.807) is 52.7 Å². The standard InChI is InChI=1S/C24H25N3O6S2/c1-24(11-22(29)30,16-6-7-19-20(10-16)33-15-32-19)26-23(31)25-12-21(28)27(13-17-4-2-8-34-17)14-18-5-3-9-35-18/h2-10H,11-15H2,1H3,(H,29,30)(H2,25,26,31)/t24-/m0/s1. The molecule has 3 N–H and O–H groups in total. The Morgan fingerprint density at radius 2 is 1.69 bits per heavy atom. The molecule has 0 fully saturated rings. The zero-order valence-electron chi connectivity index (χ0n) is 19.0. The lowest BCUT2D eigenvalue weighted by molar-refractivity contribution is -0.138. The number of thiophene rings is 2. The van der Waals surface area contributed by atoms with Gasteiger partial charge in [0.05, 0.1) is 31.6 Å². The molecule has 2 aromatic heterocycles. The van der Waals surface area contributed by atoms with Crippen molar-refractivity contribution in [3.63, 3.8) is 0 Å².